The Labute approximate surface area is 497 Å². The van der Waals surface area contributed by atoms with Crippen LogP contribution < -0.4 is 0 Å². The first-order chi connectivity index (χ1) is 40.5. The van der Waals surface area contributed by atoms with Gasteiger partial charge in [-0.1, -0.05) is 340 Å². The minimum absolute atomic E-state index is 0.00812. The van der Waals surface area contributed by atoms with E-state index >= 15 is 0 Å². The number of benzene rings is 8. The van der Waals surface area contributed by atoms with Crippen molar-refractivity contribution in [3.63, 3.8) is 0 Å². The monoisotopic (exact) mass is 1080 g/mol. The molecule has 2 aliphatic carbocycles. The maximum atomic E-state index is 2.65. The van der Waals surface area contributed by atoms with Crippen molar-refractivity contribution < 1.29 is 0 Å². The van der Waals surface area contributed by atoms with Crippen LogP contribution >= 0.6 is 0 Å². The largest absolute Gasteiger partial charge is 0.0654 e. The molecule has 0 aromatic heterocycles. The standard InChI is InChI=1S/C82H98/c1-5-9-13-17-21-31-55-81(56-32-22-18-14-10-6-2)77-59-69(64-37-29-26-30-38-64)47-51-73(77)74-53-49-71(61-78(74)81)67-43-45-68(46-44-67)72-50-54-76-75-52-48-70(66-41-39-65(40-42-66)63-35-27-25-28-36-63)60-79(75)82(80(76)62-72,57-33-23-19-15-11-7-3)58-34-24-20-16-12-8-4/h25-30,35-54,59-62H,5-24,31-34,55-58H2,1-4H3. The Morgan fingerprint density at radius 2 is 0.390 bits per heavy atom. The highest BCUT2D eigenvalue weighted by atomic mass is 14.5. The number of fused-ring (bicyclic) bond motifs is 6. The van der Waals surface area contributed by atoms with Crippen LogP contribution in [0.5, 0.6) is 0 Å². The van der Waals surface area contributed by atoms with E-state index in [-0.39, 0.29) is 10.8 Å². The van der Waals surface area contributed by atoms with Gasteiger partial charge in [0.25, 0.3) is 0 Å². The molecule has 0 atom stereocenters. The summed E-state index contributed by atoms with van der Waals surface area (Å²) in [4.78, 5) is 0. The quantitative estimate of drug-likeness (QED) is 0.0360. The van der Waals surface area contributed by atoms with Crippen LogP contribution in [-0.4, -0.2) is 0 Å². The molecule has 10 rings (SSSR count). The van der Waals surface area contributed by atoms with Crippen molar-refractivity contribution in [1.29, 1.82) is 0 Å². The van der Waals surface area contributed by atoms with Crippen LogP contribution in [0.4, 0.5) is 0 Å². The van der Waals surface area contributed by atoms with E-state index < -0.39 is 0 Å². The van der Waals surface area contributed by atoms with Gasteiger partial charge < -0.3 is 0 Å². The van der Waals surface area contributed by atoms with E-state index in [0.717, 1.165) is 0 Å². The fourth-order valence-electron chi connectivity index (χ4n) is 14.8. The Hall–Kier alpha value is -6.24. The van der Waals surface area contributed by atoms with E-state index in [9.17, 15) is 0 Å². The van der Waals surface area contributed by atoms with Crippen molar-refractivity contribution >= 4 is 0 Å². The third-order valence-electron chi connectivity index (χ3n) is 19.5. The van der Waals surface area contributed by atoms with Crippen LogP contribution in [0.3, 0.4) is 0 Å². The van der Waals surface area contributed by atoms with E-state index in [4.69, 9.17) is 0 Å². The maximum absolute atomic E-state index is 2.65. The lowest BCUT2D eigenvalue weighted by molar-refractivity contribution is 0.398. The molecule has 0 nitrogen and oxygen atoms in total. The van der Waals surface area contributed by atoms with Gasteiger partial charge in [-0.25, -0.2) is 0 Å². The lowest BCUT2D eigenvalue weighted by Gasteiger charge is -2.33. The fraction of sp³-hybridized carbons (Fsp3) is 0.415. The summed E-state index contributed by atoms with van der Waals surface area (Å²) in [5.41, 5.74) is 25.3. The van der Waals surface area contributed by atoms with Gasteiger partial charge in [0.1, 0.15) is 0 Å². The first kappa shape index (κ1) is 58.9. The van der Waals surface area contributed by atoms with E-state index in [0.29, 0.717) is 0 Å². The average molecular weight is 1080 g/mol. The van der Waals surface area contributed by atoms with E-state index in [1.807, 2.05) is 0 Å². The zero-order valence-electron chi connectivity index (χ0n) is 51.1. The summed E-state index contributed by atoms with van der Waals surface area (Å²) in [5, 5.41) is 0. The van der Waals surface area contributed by atoms with Gasteiger partial charge >= 0.3 is 0 Å². The molecule has 8 aromatic rings. The van der Waals surface area contributed by atoms with Gasteiger partial charge in [0.15, 0.2) is 0 Å². The summed E-state index contributed by atoms with van der Waals surface area (Å²) in [6, 6.07) is 71.2. The molecule has 0 aliphatic heterocycles. The van der Waals surface area contributed by atoms with E-state index in [1.165, 1.54) is 258 Å². The first-order valence-electron chi connectivity index (χ1n) is 33.4. The van der Waals surface area contributed by atoms with Crippen molar-refractivity contribution in [1.82, 2.24) is 0 Å². The van der Waals surface area contributed by atoms with Gasteiger partial charge in [-0.15, -0.1) is 0 Å². The molecular weight excluding hydrogens is 985 g/mol. The molecule has 2 aliphatic rings. The Morgan fingerprint density at radius 3 is 0.646 bits per heavy atom. The molecule has 426 valence electrons. The Bertz CT molecular complexity index is 3190. The number of hydrogen-bond donors (Lipinski definition) is 0. The van der Waals surface area contributed by atoms with E-state index in [2.05, 4.69) is 210 Å². The van der Waals surface area contributed by atoms with Crippen LogP contribution in [0, 0.1) is 0 Å². The molecule has 0 N–H and O–H groups in total. The summed E-state index contributed by atoms with van der Waals surface area (Å²) in [6.07, 6.45) is 36.6. The minimum atomic E-state index is -0.0164. The predicted molar refractivity (Wildman–Crippen MR) is 358 cm³/mol. The van der Waals surface area contributed by atoms with Crippen LogP contribution in [0.2, 0.25) is 0 Å². The lowest BCUT2D eigenvalue weighted by atomic mass is 9.69. The summed E-state index contributed by atoms with van der Waals surface area (Å²) in [6.45, 7) is 9.36. The molecule has 0 spiro atoms. The predicted octanol–water partition coefficient (Wildman–Crippen LogP) is 25.6. The Kier molecular flexibility index (Phi) is 21.1. The molecule has 0 saturated heterocycles. The summed E-state index contributed by atoms with van der Waals surface area (Å²) in [5.74, 6) is 0. The third kappa shape index (κ3) is 13.5. The highest BCUT2D eigenvalue weighted by molar-refractivity contribution is 5.88. The topological polar surface area (TPSA) is 0 Å². The van der Waals surface area contributed by atoms with Gasteiger partial charge in [0.05, 0.1) is 0 Å². The van der Waals surface area contributed by atoms with Crippen molar-refractivity contribution in [3.05, 3.63) is 204 Å². The average Bonchev–Trinajstić information content (AvgIpc) is 3.70. The molecule has 0 heterocycles. The lowest BCUT2D eigenvalue weighted by Crippen LogP contribution is -2.25. The highest BCUT2D eigenvalue weighted by Crippen LogP contribution is 2.58. The van der Waals surface area contributed by atoms with Crippen LogP contribution in [-0.2, 0) is 10.8 Å². The summed E-state index contributed by atoms with van der Waals surface area (Å²) in [7, 11) is 0. The maximum Gasteiger partial charge on any atom is 0.0215 e. The second-order valence-electron chi connectivity index (χ2n) is 25.2. The van der Waals surface area contributed by atoms with Crippen molar-refractivity contribution in [2.24, 2.45) is 0 Å². The van der Waals surface area contributed by atoms with Gasteiger partial charge in [0.2, 0.25) is 0 Å². The van der Waals surface area contributed by atoms with Gasteiger partial charge in [-0.3, -0.25) is 0 Å². The normalized spacial score (nSPS) is 13.5. The SMILES string of the molecule is CCCCCCCCC1(CCCCCCCC)c2cc(-c3ccccc3)ccc2-c2ccc(-c3ccc(-c4ccc5c(c4)C(CCCCCCCC)(CCCCCCCC)c4cc(-c6ccc(-c7ccccc7)cc6)ccc4-5)cc3)cc21. The zero-order chi connectivity index (χ0) is 56.4. The van der Waals surface area contributed by atoms with E-state index in [1.54, 1.807) is 22.3 Å². The highest BCUT2D eigenvalue weighted by Gasteiger charge is 2.44. The number of unbranched alkanes of at least 4 members (excludes halogenated alkanes) is 20. The van der Waals surface area contributed by atoms with Gasteiger partial charge in [-0.2, -0.15) is 0 Å². The number of hydrogen-bond acceptors (Lipinski definition) is 0. The third-order valence-corrected chi connectivity index (χ3v) is 19.5. The molecule has 0 unspecified atom stereocenters. The second-order valence-corrected chi connectivity index (χ2v) is 25.2. The molecule has 0 bridgehead atoms. The smallest absolute Gasteiger partial charge is 0.0215 e. The molecule has 0 amide bonds. The minimum Gasteiger partial charge on any atom is -0.0654 e. The van der Waals surface area contributed by atoms with Crippen LogP contribution in [0.1, 0.15) is 230 Å². The van der Waals surface area contributed by atoms with Gasteiger partial charge in [-0.05, 0) is 150 Å². The molecule has 0 fully saturated rings. The van der Waals surface area contributed by atoms with Crippen molar-refractivity contribution in [2.45, 2.75) is 218 Å². The zero-order valence-corrected chi connectivity index (χ0v) is 51.1. The fourth-order valence-corrected chi connectivity index (χ4v) is 14.8. The van der Waals surface area contributed by atoms with Crippen molar-refractivity contribution in [2.75, 3.05) is 0 Å². The molecule has 82 heavy (non-hydrogen) atoms. The molecule has 0 radical (unpaired) electrons. The summed E-state index contributed by atoms with van der Waals surface area (Å²) >= 11 is 0. The second kappa shape index (κ2) is 29.3. The first-order valence-corrected chi connectivity index (χ1v) is 33.4. The molecule has 0 heteroatoms. The number of rotatable bonds is 33. The molecule has 8 aromatic carbocycles. The Balaban J connectivity index is 0.993. The Morgan fingerprint density at radius 1 is 0.195 bits per heavy atom. The molecular formula is C82H98. The van der Waals surface area contributed by atoms with Gasteiger partial charge in [0, 0.05) is 10.8 Å². The van der Waals surface area contributed by atoms with Crippen LogP contribution in [0.25, 0.3) is 77.9 Å². The van der Waals surface area contributed by atoms with Crippen molar-refractivity contribution in [3.8, 4) is 77.9 Å². The summed E-state index contributed by atoms with van der Waals surface area (Å²) < 4.78 is 0. The van der Waals surface area contributed by atoms with Crippen LogP contribution in [0.15, 0.2) is 182 Å². The molecule has 0 saturated carbocycles.